The molecule has 1 nitrogen and oxygen atoms in total. The molecule has 0 N–H and O–H groups in total. The summed E-state index contributed by atoms with van der Waals surface area (Å²) in [7, 11) is 0. The van der Waals surface area contributed by atoms with Crippen LogP contribution in [0.25, 0.3) is 10.1 Å². The van der Waals surface area contributed by atoms with Crippen LogP contribution in [0.5, 0.6) is 5.06 Å². The summed E-state index contributed by atoms with van der Waals surface area (Å²) in [5, 5.41) is 2.28. The minimum atomic E-state index is 0.257. The maximum atomic E-state index is 5.62. The average molecular weight is 192 g/mol. The van der Waals surface area contributed by atoms with E-state index in [-0.39, 0.29) is 6.10 Å². The topological polar surface area (TPSA) is 9.23 Å². The lowest BCUT2D eigenvalue weighted by molar-refractivity contribution is 0.250. The number of ether oxygens (including phenoxy) is 1. The molecule has 13 heavy (non-hydrogen) atoms. The number of fused-ring (bicyclic) bond motifs is 1. The van der Waals surface area contributed by atoms with Gasteiger partial charge in [-0.2, -0.15) is 0 Å². The van der Waals surface area contributed by atoms with Crippen molar-refractivity contribution < 1.29 is 4.74 Å². The van der Waals surface area contributed by atoms with E-state index in [4.69, 9.17) is 4.74 Å². The van der Waals surface area contributed by atoms with Gasteiger partial charge in [0, 0.05) is 4.70 Å². The third-order valence-electron chi connectivity index (χ3n) is 1.75. The fourth-order valence-electron chi connectivity index (χ4n) is 1.25. The Labute approximate surface area is 82.0 Å². The molecule has 0 saturated carbocycles. The van der Waals surface area contributed by atoms with E-state index in [0.717, 1.165) is 5.06 Å². The summed E-state index contributed by atoms with van der Waals surface area (Å²) in [5.41, 5.74) is 0. The Kier molecular flexibility index (Phi) is 2.23. The maximum absolute atomic E-state index is 5.62. The highest BCUT2D eigenvalue weighted by molar-refractivity contribution is 7.20. The lowest BCUT2D eigenvalue weighted by Crippen LogP contribution is -2.03. The lowest BCUT2D eigenvalue weighted by Gasteiger charge is -2.04. The molecule has 2 aromatic rings. The van der Waals surface area contributed by atoms with E-state index in [2.05, 4.69) is 24.3 Å². The van der Waals surface area contributed by atoms with Gasteiger partial charge in [-0.25, -0.2) is 0 Å². The number of hydrogen-bond acceptors (Lipinski definition) is 2. The van der Waals surface area contributed by atoms with Crippen molar-refractivity contribution in [3.05, 3.63) is 30.3 Å². The molecule has 1 aromatic heterocycles. The zero-order valence-corrected chi connectivity index (χ0v) is 8.60. The van der Waals surface area contributed by atoms with Crippen molar-refractivity contribution in [2.45, 2.75) is 20.0 Å². The number of hydrogen-bond donors (Lipinski definition) is 0. The van der Waals surface area contributed by atoms with Gasteiger partial charge in [-0.15, -0.1) is 0 Å². The van der Waals surface area contributed by atoms with Gasteiger partial charge < -0.3 is 4.74 Å². The largest absolute Gasteiger partial charge is 0.481 e. The highest BCUT2D eigenvalue weighted by atomic mass is 32.1. The Hall–Kier alpha value is -1.02. The smallest absolute Gasteiger partial charge is 0.175 e. The van der Waals surface area contributed by atoms with Gasteiger partial charge in [-0.3, -0.25) is 0 Å². The molecule has 0 unspecified atom stereocenters. The first-order chi connectivity index (χ1) is 6.25. The first-order valence-electron chi connectivity index (χ1n) is 4.41. The minimum Gasteiger partial charge on any atom is -0.481 e. The second-order valence-corrected chi connectivity index (χ2v) is 4.32. The van der Waals surface area contributed by atoms with Crippen LogP contribution in [0.1, 0.15) is 13.8 Å². The summed E-state index contributed by atoms with van der Waals surface area (Å²) in [5.74, 6) is 0. The molecule has 1 heterocycles. The Morgan fingerprint density at radius 1 is 1.23 bits per heavy atom. The number of thiophene rings is 1. The summed E-state index contributed by atoms with van der Waals surface area (Å²) in [6, 6.07) is 10.4. The van der Waals surface area contributed by atoms with Crippen LogP contribution in [-0.2, 0) is 0 Å². The fourth-order valence-corrected chi connectivity index (χ4v) is 2.28. The van der Waals surface area contributed by atoms with E-state index in [1.54, 1.807) is 11.3 Å². The van der Waals surface area contributed by atoms with Crippen LogP contribution in [-0.4, -0.2) is 6.10 Å². The van der Waals surface area contributed by atoms with E-state index in [9.17, 15) is 0 Å². The summed E-state index contributed by atoms with van der Waals surface area (Å²) in [6.45, 7) is 4.09. The highest BCUT2D eigenvalue weighted by Crippen LogP contribution is 2.31. The molecule has 2 rings (SSSR count). The van der Waals surface area contributed by atoms with Crippen molar-refractivity contribution >= 4 is 21.4 Å². The molecule has 0 amide bonds. The Morgan fingerprint density at radius 2 is 2.00 bits per heavy atom. The van der Waals surface area contributed by atoms with E-state index in [0.29, 0.717) is 0 Å². The van der Waals surface area contributed by atoms with E-state index in [1.807, 2.05) is 19.9 Å². The predicted molar refractivity (Wildman–Crippen MR) is 57.6 cm³/mol. The van der Waals surface area contributed by atoms with Crippen molar-refractivity contribution in [3.8, 4) is 5.06 Å². The van der Waals surface area contributed by atoms with Crippen LogP contribution in [0, 0.1) is 0 Å². The van der Waals surface area contributed by atoms with Gasteiger partial charge in [-0.1, -0.05) is 29.5 Å². The first-order valence-corrected chi connectivity index (χ1v) is 5.22. The minimum absolute atomic E-state index is 0.257. The molecule has 68 valence electrons. The van der Waals surface area contributed by atoms with Crippen molar-refractivity contribution in [1.29, 1.82) is 0 Å². The Morgan fingerprint density at radius 3 is 2.69 bits per heavy atom. The van der Waals surface area contributed by atoms with Crippen molar-refractivity contribution in [1.82, 2.24) is 0 Å². The van der Waals surface area contributed by atoms with Gasteiger partial charge in [-0.05, 0) is 31.4 Å². The zero-order valence-electron chi connectivity index (χ0n) is 7.78. The molecule has 0 bridgehead atoms. The Balaban J connectivity index is 2.38. The molecule has 0 fully saturated rings. The predicted octanol–water partition coefficient (Wildman–Crippen LogP) is 3.69. The van der Waals surface area contributed by atoms with E-state index < -0.39 is 0 Å². The standard InChI is InChI=1S/C11H12OS/c1-8(2)12-11-7-9-5-3-4-6-10(9)13-11/h3-8H,1-2H3. The van der Waals surface area contributed by atoms with Crippen LogP contribution >= 0.6 is 11.3 Å². The first kappa shape index (κ1) is 8.57. The lowest BCUT2D eigenvalue weighted by atomic mass is 10.3. The van der Waals surface area contributed by atoms with Crippen LogP contribution in [0.15, 0.2) is 30.3 Å². The molecule has 0 aliphatic rings. The molecular weight excluding hydrogens is 180 g/mol. The van der Waals surface area contributed by atoms with Gasteiger partial charge in [0.1, 0.15) is 0 Å². The maximum Gasteiger partial charge on any atom is 0.175 e. The molecule has 0 spiro atoms. The van der Waals surface area contributed by atoms with E-state index in [1.165, 1.54) is 10.1 Å². The molecule has 2 heteroatoms. The van der Waals surface area contributed by atoms with Gasteiger partial charge >= 0.3 is 0 Å². The summed E-state index contributed by atoms with van der Waals surface area (Å²) in [6.07, 6.45) is 0.257. The molecule has 1 aromatic carbocycles. The van der Waals surface area contributed by atoms with E-state index >= 15 is 0 Å². The van der Waals surface area contributed by atoms with Crippen molar-refractivity contribution in [2.24, 2.45) is 0 Å². The second-order valence-electron chi connectivity index (χ2n) is 3.27. The molecule has 0 radical (unpaired) electrons. The Bertz CT molecular complexity index is 370. The van der Waals surface area contributed by atoms with Crippen LogP contribution in [0.3, 0.4) is 0 Å². The van der Waals surface area contributed by atoms with Crippen molar-refractivity contribution in [3.63, 3.8) is 0 Å². The van der Waals surface area contributed by atoms with Gasteiger partial charge in [0.25, 0.3) is 0 Å². The zero-order chi connectivity index (χ0) is 9.26. The third kappa shape index (κ3) is 1.83. The molecule has 0 aliphatic carbocycles. The SMILES string of the molecule is CC(C)Oc1cc2ccccc2s1. The normalized spacial score (nSPS) is 11.0. The summed E-state index contributed by atoms with van der Waals surface area (Å²) in [4.78, 5) is 0. The molecule has 0 aliphatic heterocycles. The van der Waals surface area contributed by atoms with Crippen LogP contribution in [0.4, 0.5) is 0 Å². The monoisotopic (exact) mass is 192 g/mol. The highest BCUT2D eigenvalue weighted by Gasteiger charge is 2.02. The van der Waals surface area contributed by atoms with Gasteiger partial charge in [0.05, 0.1) is 6.10 Å². The third-order valence-corrected chi connectivity index (χ3v) is 2.76. The summed E-state index contributed by atoms with van der Waals surface area (Å²) < 4.78 is 6.91. The molecular formula is C11H12OS. The fraction of sp³-hybridized carbons (Fsp3) is 0.273. The van der Waals surface area contributed by atoms with Crippen molar-refractivity contribution in [2.75, 3.05) is 0 Å². The van der Waals surface area contributed by atoms with Gasteiger partial charge in [0.2, 0.25) is 0 Å². The quantitative estimate of drug-likeness (QED) is 0.705. The van der Waals surface area contributed by atoms with Gasteiger partial charge in [0.15, 0.2) is 5.06 Å². The average Bonchev–Trinajstić information content (AvgIpc) is 2.44. The second kappa shape index (κ2) is 3.38. The number of rotatable bonds is 2. The van der Waals surface area contributed by atoms with Crippen LogP contribution in [0.2, 0.25) is 0 Å². The molecule has 0 atom stereocenters. The summed E-state index contributed by atoms with van der Waals surface area (Å²) >= 11 is 1.70. The molecule has 0 saturated heterocycles. The van der Waals surface area contributed by atoms with Crippen LogP contribution < -0.4 is 4.74 Å². The number of benzene rings is 1.